The monoisotopic (exact) mass is 261 g/mol. The highest BCUT2D eigenvalue weighted by molar-refractivity contribution is 7.21. The van der Waals surface area contributed by atoms with E-state index in [1.54, 1.807) is 11.3 Å². The molecule has 0 spiro atoms. The van der Waals surface area contributed by atoms with Crippen LogP contribution in [0.4, 0.5) is 5.13 Å². The van der Waals surface area contributed by atoms with Gasteiger partial charge in [0.15, 0.2) is 5.13 Å². The van der Waals surface area contributed by atoms with Crippen LogP contribution in [0.25, 0.3) is 10.1 Å². The molecule has 0 amide bonds. The SMILES string of the molecule is CN1CCN(c2nc(=O)c3ccccc3s2)CC1. The van der Waals surface area contributed by atoms with Crippen LogP contribution >= 0.6 is 11.3 Å². The molecular weight excluding hydrogens is 246 g/mol. The fraction of sp³-hybridized carbons (Fsp3) is 0.385. The van der Waals surface area contributed by atoms with Crippen LogP contribution in [0.3, 0.4) is 0 Å². The van der Waals surface area contributed by atoms with E-state index in [0.29, 0.717) is 0 Å². The molecule has 0 saturated carbocycles. The lowest BCUT2D eigenvalue weighted by Crippen LogP contribution is -2.44. The van der Waals surface area contributed by atoms with Gasteiger partial charge in [-0.3, -0.25) is 4.79 Å². The predicted octanol–water partition coefficient (Wildman–Crippen LogP) is 1.41. The first-order valence-electron chi connectivity index (χ1n) is 6.07. The minimum Gasteiger partial charge on any atom is -0.345 e. The fourth-order valence-corrected chi connectivity index (χ4v) is 3.18. The Balaban J connectivity index is 2.00. The van der Waals surface area contributed by atoms with Crippen molar-refractivity contribution >= 4 is 26.6 Å². The van der Waals surface area contributed by atoms with Gasteiger partial charge >= 0.3 is 0 Å². The Kier molecular flexibility index (Phi) is 3.01. The molecule has 0 atom stereocenters. The second kappa shape index (κ2) is 4.66. The molecule has 2 aromatic rings. The van der Waals surface area contributed by atoms with E-state index >= 15 is 0 Å². The molecule has 1 saturated heterocycles. The Morgan fingerprint density at radius 3 is 2.67 bits per heavy atom. The van der Waals surface area contributed by atoms with Gasteiger partial charge in [-0.2, -0.15) is 4.98 Å². The van der Waals surface area contributed by atoms with Crippen molar-refractivity contribution in [2.24, 2.45) is 0 Å². The summed E-state index contributed by atoms with van der Waals surface area (Å²) in [6.07, 6.45) is 0. The lowest BCUT2D eigenvalue weighted by atomic mass is 10.3. The van der Waals surface area contributed by atoms with Crippen molar-refractivity contribution in [3.63, 3.8) is 0 Å². The van der Waals surface area contributed by atoms with Crippen LogP contribution in [0.2, 0.25) is 0 Å². The maximum absolute atomic E-state index is 12.0. The molecule has 1 aliphatic rings. The third-order valence-corrected chi connectivity index (χ3v) is 4.40. The van der Waals surface area contributed by atoms with E-state index in [1.165, 1.54) is 0 Å². The molecular formula is C13H15N3OS. The zero-order chi connectivity index (χ0) is 12.5. The highest BCUT2D eigenvalue weighted by Crippen LogP contribution is 2.24. The number of anilines is 1. The van der Waals surface area contributed by atoms with Crippen LogP contribution in [0.1, 0.15) is 0 Å². The van der Waals surface area contributed by atoms with Gasteiger partial charge in [0, 0.05) is 30.9 Å². The number of aromatic nitrogens is 1. The number of rotatable bonds is 1. The van der Waals surface area contributed by atoms with E-state index in [2.05, 4.69) is 21.8 Å². The summed E-state index contributed by atoms with van der Waals surface area (Å²) in [5, 5.41) is 1.58. The second-order valence-corrected chi connectivity index (χ2v) is 5.60. The maximum Gasteiger partial charge on any atom is 0.281 e. The number of benzene rings is 1. The topological polar surface area (TPSA) is 36.4 Å². The first kappa shape index (κ1) is 11.6. The zero-order valence-corrected chi connectivity index (χ0v) is 11.1. The number of fused-ring (bicyclic) bond motifs is 1. The molecule has 0 unspecified atom stereocenters. The lowest BCUT2D eigenvalue weighted by Gasteiger charge is -2.32. The normalized spacial score (nSPS) is 17.3. The van der Waals surface area contributed by atoms with E-state index < -0.39 is 0 Å². The Morgan fingerprint density at radius 1 is 1.17 bits per heavy atom. The number of piperazine rings is 1. The summed E-state index contributed by atoms with van der Waals surface area (Å²) in [6.45, 7) is 3.93. The fourth-order valence-electron chi connectivity index (χ4n) is 2.13. The predicted molar refractivity (Wildman–Crippen MR) is 75.6 cm³/mol. The lowest BCUT2D eigenvalue weighted by molar-refractivity contribution is 0.312. The molecule has 5 heteroatoms. The van der Waals surface area contributed by atoms with Crippen molar-refractivity contribution in [1.29, 1.82) is 0 Å². The van der Waals surface area contributed by atoms with E-state index in [-0.39, 0.29) is 5.56 Å². The van der Waals surface area contributed by atoms with E-state index in [0.717, 1.165) is 41.4 Å². The van der Waals surface area contributed by atoms with Crippen LogP contribution in [0.5, 0.6) is 0 Å². The number of hydrogen-bond acceptors (Lipinski definition) is 5. The van der Waals surface area contributed by atoms with Gasteiger partial charge in [0.05, 0.1) is 5.39 Å². The van der Waals surface area contributed by atoms with Crippen LogP contribution in [0, 0.1) is 0 Å². The van der Waals surface area contributed by atoms with E-state index in [4.69, 9.17) is 0 Å². The number of likely N-dealkylation sites (N-methyl/N-ethyl adjacent to an activating group) is 1. The summed E-state index contributed by atoms with van der Waals surface area (Å²) in [7, 11) is 2.12. The van der Waals surface area contributed by atoms with Crippen molar-refractivity contribution in [1.82, 2.24) is 9.88 Å². The van der Waals surface area contributed by atoms with Crippen molar-refractivity contribution in [2.75, 3.05) is 38.1 Å². The molecule has 3 rings (SSSR count). The van der Waals surface area contributed by atoms with Crippen LogP contribution in [-0.2, 0) is 0 Å². The smallest absolute Gasteiger partial charge is 0.281 e. The maximum atomic E-state index is 12.0. The third kappa shape index (κ3) is 2.11. The summed E-state index contributed by atoms with van der Waals surface area (Å²) in [4.78, 5) is 20.7. The highest BCUT2D eigenvalue weighted by Gasteiger charge is 2.17. The molecule has 18 heavy (non-hydrogen) atoms. The first-order valence-corrected chi connectivity index (χ1v) is 6.89. The molecule has 1 fully saturated rings. The van der Waals surface area contributed by atoms with Gasteiger partial charge in [-0.05, 0) is 19.2 Å². The van der Waals surface area contributed by atoms with E-state index in [9.17, 15) is 4.79 Å². The van der Waals surface area contributed by atoms with Gasteiger partial charge in [0.25, 0.3) is 5.56 Å². The van der Waals surface area contributed by atoms with Gasteiger partial charge in [0.1, 0.15) is 0 Å². The molecule has 1 aliphatic heterocycles. The molecule has 0 bridgehead atoms. The Bertz CT molecular complexity index is 617. The number of hydrogen-bond donors (Lipinski definition) is 0. The van der Waals surface area contributed by atoms with Gasteiger partial charge in [-0.25, -0.2) is 0 Å². The zero-order valence-electron chi connectivity index (χ0n) is 10.3. The van der Waals surface area contributed by atoms with Gasteiger partial charge in [-0.15, -0.1) is 0 Å². The number of nitrogens with zero attached hydrogens (tertiary/aromatic N) is 3. The Hall–Kier alpha value is -1.46. The largest absolute Gasteiger partial charge is 0.345 e. The Morgan fingerprint density at radius 2 is 1.89 bits per heavy atom. The third-order valence-electron chi connectivity index (χ3n) is 3.29. The Labute approximate surface area is 109 Å². The summed E-state index contributed by atoms with van der Waals surface area (Å²) < 4.78 is 1.02. The van der Waals surface area contributed by atoms with Crippen molar-refractivity contribution in [3.05, 3.63) is 34.6 Å². The highest BCUT2D eigenvalue weighted by atomic mass is 32.1. The van der Waals surface area contributed by atoms with Crippen molar-refractivity contribution < 1.29 is 0 Å². The molecule has 0 aliphatic carbocycles. The molecule has 0 radical (unpaired) electrons. The van der Waals surface area contributed by atoms with Crippen LogP contribution in [0.15, 0.2) is 29.1 Å². The molecule has 4 nitrogen and oxygen atoms in total. The standard InChI is InChI=1S/C13H15N3OS/c1-15-6-8-16(9-7-15)13-14-12(17)10-4-2-3-5-11(10)18-13/h2-5H,6-9H2,1H3. The van der Waals surface area contributed by atoms with Crippen molar-refractivity contribution in [3.8, 4) is 0 Å². The van der Waals surface area contributed by atoms with Gasteiger partial charge in [0.2, 0.25) is 0 Å². The molecule has 0 N–H and O–H groups in total. The van der Waals surface area contributed by atoms with E-state index in [1.807, 2.05) is 24.3 Å². The molecule has 1 aromatic carbocycles. The average Bonchev–Trinajstić information content (AvgIpc) is 2.39. The summed E-state index contributed by atoms with van der Waals surface area (Å²) >= 11 is 1.61. The summed E-state index contributed by atoms with van der Waals surface area (Å²) in [5.74, 6) is 0. The minimum atomic E-state index is -0.113. The summed E-state index contributed by atoms with van der Waals surface area (Å²) in [5.41, 5.74) is -0.113. The molecule has 2 heterocycles. The molecule has 94 valence electrons. The summed E-state index contributed by atoms with van der Waals surface area (Å²) in [6, 6.07) is 7.68. The van der Waals surface area contributed by atoms with Gasteiger partial charge < -0.3 is 9.80 Å². The average molecular weight is 261 g/mol. The first-order chi connectivity index (χ1) is 8.74. The quantitative estimate of drug-likeness (QED) is 0.777. The van der Waals surface area contributed by atoms with Crippen LogP contribution < -0.4 is 10.5 Å². The van der Waals surface area contributed by atoms with Gasteiger partial charge in [-0.1, -0.05) is 23.5 Å². The van der Waals surface area contributed by atoms with Crippen LogP contribution in [-0.4, -0.2) is 43.1 Å². The molecule has 1 aromatic heterocycles. The second-order valence-electron chi connectivity index (χ2n) is 4.59. The van der Waals surface area contributed by atoms with Crippen molar-refractivity contribution in [2.45, 2.75) is 0 Å². The minimum absolute atomic E-state index is 0.113.